The smallest absolute Gasteiger partial charge is 0.354 e. The van der Waals surface area contributed by atoms with Crippen LogP contribution in [0.25, 0.3) is 6.08 Å². The molecule has 0 radical (unpaired) electrons. The van der Waals surface area contributed by atoms with E-state index in [1.54, 1.807) is 22.8 Å². The first kappa shape index (κ1) is 10.3. The number of hydrogen-bond donors (Lipinski definition) is 0. The Bertz CT molecular complexity index is 363. The summed E-state index contributed by atoms with van der Waals surface area (Å²) < 4.78 is 6.45. The third kappa shape index (κ3) is 1.76. The van der Waals surface area contributed by atoms with Crippen LogP contribution in [0.1, 0.15) is 16.2 Å². The van der Waals surface area contributed by atoms with E-state index in [9.17, 15) is 4.79 Å². The highest BCUT2D eigenvalue weighted by atomic mass is 16.5. The number of methoxy groups -OCH3 is 1. The van der Waals surface area contributed by atoms with Crippen molar-refractivity contribution < 1.29 is 9.53 Å². The van der Waals surface area contributed by atoms with Crippen LogP contribution in [0, 0.1) is 0 Å². The zero-order valence-electron chi connectivity index (χ0n) is 8.19. The highest BCUT2D eigenvalue weighted by Gasteiger charge is 2.12. The first-order valence-corrected chi connectivity index (χ1v) is 4.25. The lowest BCUT2D eigenvalue weighted by atomic mass is 10.4. The normalized spacial score (nSPS) is 9.50. The van der Waals surface area contributed by atoms with Gasteiger partial charge in [-0.1, -0.05) is 12.7 Å². The van der Waals surface area contributed by atoms with E-state index in [1.165, 1.54) is 7.11 Å². The fraction of sp³-hybridized carbons (Fsp3) is 0.182. The number of nitrogens with zero attached hydrogens (tertiary/aromatic N) is 1. The zero-order valence-corrected chi connectivity index (χ0v) is 8.19. The minimum Gasteiger partial charge on any atom is -0.464 e. The molecule has 0 fully saturated rings. The van der Waals surface area contributed by atoms with Crippen molar-refractivity contribution in [3.63, 3.8) is 0 Å². The van der Waals surface area contributed by atoms with E-state index in [4.69, 9.17) is 0 Å². The van der Waals surface area contributed by atoms with Crippen molar-refractivity contribution >= 4 is 12.0 Å². The van der Waals surface area contributed by atoms with E-state index < -0.39 is 0 Å². The van der Waals surface area contributed by atoms with Gasteiger partial charge < -0.3 is 9.30 Å². The Morgan fingerprint density at radius 2 is 2.29 bits per heavy atom. The molecule has 74 valence electrons. The van der Waals surface area contributed by atoms with Gasteiger partial charge in [0.2, 0.25) is 0 Å². The number of carbonyl (C=O) groups is 1. The largest absolute Gasteiger partial charge is 0.464 e. The topological polar surface area (TPSA) is 31.2 Å². The third-order valence-electron chi connectivity index (χ3n) is 1.93. The SMILES string of the molecule is C=CCn1c(C=C)ccc1C(=O)OC. The first-order chi connectivity index (χ1) is 6.74. The van der Waals surface area contributed by atoms with Gasteiger partial charge in [0.25, 0.3) is 0 Å². The van der Waals surface area contributed by atoms with E-state index in [-0.39, 0.29) is 5.97 Å². The lowest BCUT2D eigenvalue weighted by Crippen LogP contribution is -2.10. The fourth-order valence-corrected chi connectivity index (χ4v) is 1.28. The second kappa shape index (κ2) is 4.46. The van der Waals surface area contributed by atoms with Crippen LogP contribution in [0.15, 0.2) is 31.4 Å². The maximum absolute atomic E-state index is 11.3. The third-order valence-corrected chi connectivity index (χ3v) is 1.93. The first-order valence-electron chi connectivity index (χ1n) is 4.25. The molecule has 1 heterocycles. The van der Waals surface area contributed by atoms with Crippen molar-refractivity contribution in [3.05, 3.63) is 42.8 Å². The van der Waals surface area contributed by atoms with Gasteiger partial charge in [-0.15, -0.1) is 6.58 Å². The molecule has 0 saturated heterocycles. The average molecular weight is 191 g/mol. The standard InChI is InChI=1S/C11H13NO2/c1-4-8-12-9(5-2)6-7-10(12)11(13)14-3/h4-7H,1-2,8H2,3H3. The maximum atomic E-state index is 11.3. The maximum Gasteiger partial charge on any atom is 0.354 e. The van der Waals surface area contributed by atoms with Crippen LogP contribution in [0.2, 0.25) is 0 Å². The van der Waals surface area contributed by atoms with Gasteiger partial charge in [-0.05, 0) is 18.2 Å². The predicted molar refractivity (Wildman–Crippen MR) is 56.1 cm³/mol. The molecule has 1 aromatic rings. The Kier molecular flexibility index (Phi) is 3.29. The van der Waals surface area contributed by atoms with Crippen LogP contribution in [0.3, 0.4) is 0 Å². The Hall–Kier alpha value is -1.77. The van der Waals surface area contributed by atoms with Crippen molar-refractivity contribution in [2.45, 2.75) is 6.54 Å². The molecule has 0 saturated carbocycles. The molecule has 0 aliphatic carbocycles. The molecule has 0 aliphatic heterocycles. The fourth-order valence-electron chi connectivity index (χ4n) is 1.28. The number of carbonyl (C=O) groups excluding carboxylic acids is 1. The number of ether oxygens (including phenoxy) is 1. The summed E-state index contributed by atoms with van der Waals surface area (Å²) in [5.41, 5.74) is 1.40. The summed E-state index contributed by atoms with van der Waals surface area (Å²) in [6, 6.07) is 3.54. The molecule has 0 bridgehead atoms. The van der Waals surface area contributed by atoms with E-state index in [1.807, 2.05) is 6.07 Å². The number of hydrogen-bond acceptors (Lipinski definition) is 2. The molecule has 3 heteroatoms. The molecular formula is C11H13NO2. The van der Waals surface area contributed by atoms with E-state index >= 15 is 0 Å². The van der Waals surface area contributed by atoms with Gasteiger partial charge in [0.05, 0.1) is 7.11 Å². The van der Waals surface area contributed by atoms with Gasteiger partial charge >= 0.3 is 5.97 Å². The molecule has 14 heavy (non-hydrogen) atoms. The van der Waals surface area contributed by atoms with E-state index in [0.717, 1.165) is 5.69 Å². The van der Waals surface area contributed by atoms with Crippen molar-refractivity contribution in [3.8, 4) is 0 Å². The molecule has 0 spiro atoms. The van der Waals surface area contributed by atoms with Gasteiger partial charge in [-0.25, -0.2) is 4.79 Å². The number of aromatic nitrogens is 1. The Morgan fingerprint density at radius 3 is 2.79 bits per heavy atom. The van der Waals surface area contributed by atoms with Crippen LogP contribution in [0.4, 0.5) is 0 Å². The van der Waals surface area contributed by atoms with Crippen LogP contribution in [-0.4, -0.2) is 17.6 Å². The number of esters is 1. The number of allylic oxidation sites excluding steroid dienone is 1. The quantitative estimate of drug-likeness (QED) is 0.539. The minimum atomic E-state index is -0.347. The van der Waals surface area contributed by atoms with Gasteiger partial charge in [-0.2, -0.15) is 0 Å². The van der Waals surface area contributed by atoms with E-state index in [2.05, 4.69) is 17.9 Å². The zero-order chi connectivity index (χ0) is 10.6. The summed E-state index contributed by atoms with van der Waals surface area (Å²) in [6.07, 6.45) is 3.41. The molecule has 3 nitrogen and oxygen atoms in total. The summed E-state index contributed by atoms with van der Waals surface area (Å²) in [4.78, 5) is 11.3. The molecule has 0 N–H and O–H groups in total. The highest BCUT2D eigenvalue weighted by Crippen LogP contribution is 2.11. The Labute approximate surface area is 83.3 Å². The molecular weight excluding hydrogens is 178 g/mol. The summed E-state index contributed by atoms with van der Waals surface area (Å²) >= 11 is 0. The predicted octanol–water partition coefficient (Wildman–Crippen LogP) is 2.10. The molecule has 0 aliphatic rings. The van der Waals surface area contributed by atoms with Crippen molar-refractivity contribution in [1.29, 1.82) is 0 Å². The molecule has 0 aromatic carbocycles. The van der Waals surface area contributed by atoms with Crippen LogP contribution >= 0.6 is 0 Å². The lowest BCUT2D eigenvalue weighted by Gasteiger charge is -2.06. The van der Waals surface area contributed by atoms with Gasteiger partial charge in [-0.3, -0.25) is 0 Å². The van der Waals surface area contributed by atoms with Gasteiger partial charge in [0, 0.05) is 12.2 Å². The highest BCUT2D eigenvalue weighted by molar-refractivity contribution is 5.88. The van der Waals surface area contributed by atoms with E-state index in [0.29, 0.717) is 12.2 Å². The van der Waals surface area contributed by atoms with Crippen molar-refractivity contribution in [2.75, 3.05) is 7.11 Å². The monoisotopic (exact) mass is 191 g/mol. The molecule has 1 aromatic heterocycles. The molecule has 1 rings (SSSR count). The van der Waals surface area contributed by atoms with Crippen molar-refractivity contribution in [2.24, 2.45) is 0 Å². The molecule has 0 atom stereocenters. The summed E-state index contributed by atoms with van der Waals surface area (Å²) in [5.74, 6) is -0.347. The minimum absolute atomic E-state index is 0.347. The van der Waals surface area contributed by atoms with Gasteiger partial charge in [0.1, 0.15) is 5.69 Å². The number of rotatable bonds is 4. The van der Waals surface area contributed by atoms with Crippen LogP contribution in [0.5, 0.6) is 0 Å². The van der Waals surface area contributed by atoms with Crippen LogP contribution in [-0.2, 0) is 11.3 Å². The van der Waals surface area contributed by atoms with Gasteiger partial charge in [0.15, 0.2) is 0 Å². The summed E-state index contributed by atoms with van der Waals surface area (Å²) in [7, 11) is 1.36. The molecule has 0 unspecified atom stereocenters. The Balaban J connectivity index is 3.15. The van der Waals surface area contributed by atoms with Crippen LogP contribution < -0.4 is 0 Å². The summed E-state index contributed by atoms with van der Waals surface area (Å²) in [5, 5.41) is 0. The molecule has 0 amide bonds. The Morgan fingerprint density at radius 1 is 1.57 bits per heavy atom. The van der Waals surface area contributed by atoms with Crippen molar-refractivity contribution in [1.82, 2.24) is 4.57 Å². The lowest BCUT2D eigenvalue weighted by molar-refractivity contribution is 0.0589. The second-order valence-corrected chi connectivity index (χ2v) is 2.74. The average Bonchev–Trinajstić information content (AvgIpc) is 2.60. The summed E-state index contributed by atoms with van der Waals surface area (Å²) in [6.45, 7) is 7.86. The second-order valence-electron chi connectivity index (χ2n) is 2.74.